The Labute approximate surface area is 136 Å². The SMILES string of the molecule is Cc1cccc(S(=O)(=O)N2CCN(c3ccc(C)nn3)CC2)c1. The zero-order valence-electron chi connectivity index (χ0n) is 13.3. The van der Waals surface area contributed by atoms with Crippen molar-refractivity contribution in [2.24, 2.45) is 0 Å². The largest absolute Gasteiger partial charge is 0.352 e. The van der Waals surface area contributed by atoms with Gasteiger partial charge in [-0.1, -0.05) is 12.1 Å². The molecular weight excluding hydrogens is 312 g/mol. The maximum atomic E-state index is 12.7. The number of hydrogen-bond donors (Lipinski definition) is 0. The van der Waals surface area contributed by atoms with Gasteiger partial charge in [0.25, 0.3) is 0 Å². The highest BCUT2D eigenvalue weighted by Crippen LogP contribution is 2.20. The fourth-order valence-corrected chi connectivity index (χ4v) is 4.17. The van der Waals surface area contributed by atoms with Crippen LogP contribution in [0.15, 0.2) is 41.3 Å². The zero-order valence-corrected chi connectivity index (χ0v) is 14.1. The highest BCUT2D eigenvalue weighted by atomic mass is 32.2. The van der Waals surface area contributed by atoms with E-state index in [1.54, 1.807) is 22.5 Å². The summed E-state index contributed by atoms with van der Waals surface area (Å²) >= 11 is 0. The molecule has 2 aromatic rings. The number of aromatic nitrogens is 2. The van der Waals surface area contributed by atoms with E-state index in [4.69, 9.17) is 0 Å². The molecule has 1 aliphatic heterocycles. The first-order valence-corrected chi connectivity index (χ1v) is 9.03. The Bertz CT molecular complexity index is 782. The van der Waals surface area contributed by atoms with E-state index in [0.717, 1.165) is 17.1 Å². The summed E-state index contributed by atoms with van der Waals surface area (Å²) in [6, 6.07) is 10.9. The molecule has 7 heteroatoms. The summed E-state index contributed by atoms with van der Waals surface area (Å²) in [5.41, 5.74) is 1.81. The van der Waals surface area contributed by atoms with E-state index in [1.165, 1.54) is 0 Å². The van der Waals surface area contributed by atoms with Gasteiger partial charge in [0.05, 0.1) is 10.6 Å². The summed E-state index contributed by atoms with van der Waals surface area (Å²) in [5.74, 6) is 0.795. The number of piperazine rings is 1. The number of hydrogen-bond acceptors (Lipinski definition) is 5. The Morgan fingerprint density at radius 2 is 1.70 bits per heavy atom. The summed E-state index contributed by atoms with van der Waals surface area (Å²) in [5, 5.41) is 8.22. The fourth-order valence-electron chi connectivity index (χ4n) is 2.64. The predicted molar refractivity (Wildman–Crippen MR) is 88.9 cm³/mol. The molecule has 0 amide bonds. The van der Waals surface area contributed by atoms with Crippen LogP contribution in [0, 0.1) is 13.8 Å². The van der Waals surface area contributed by atoms with Gasteiger partial charge in [-0.25, -0.2) is 8.42 Å². The topological polar surface area (TPSA) is 66.4 Å². The molecule has 0 spiro atoms. The van der Waals surface area contributed by atoms with Crippen molar-refractivity contribution in [3.8, 4) is 0 Å². The van der Waals surface area contributed by atoms with Gasteiger partial charge >= 0.3 is 0 Å². The van der Waals surface area contributed by atoms with Crippen LogP contribution in [0.3, 0.4) is 0 Å². The molecule has 3 rings (SSSR count). The Morgan fingerprint density at radius 3 is 2.30 bits per heavy atom. The van der Waals surface area contributed by atoms with Gasteiger partial charge in [-0.3, -0.25) is 0 Å². The Kier molecular flexibility index (Phi) is 4.32. The first-order valence-electron chi connectivity index (χ1n) is 7.59. The van der Waals surface area contributed by atoms with Crippen molar-refractivity contribution < 1.29 is 8.42 Å². The molecule has 122 valence electrons. The lowest BCUT2D eigenvalue weighted by molar-refractivity contribution is 0.383. The number of anilines is 1. The number of rotatable bonds is 3. The summed E-state index contributed by atoms with van der Waals surface area (Å²) in [4.78, 5) is 2.43. The molecule has 1 fully saturated rings. The molecule has 0 N–H and O–H groups in total. The first kappa shape index (κ1) is 15.9. The van der Waals surface area contributed by atoms with Gasteiger partial charge in [0, 0.05) is 26.2 Å². The molecule has 0 aliphatic carbocycles. The fraction of sp³-hybridized carbons (Fsp3) is 0.375. The Morgan fingerprint density at radius 1 is 0.957 bits per heavy atom. The van der Waals surface area contributed by atoms with E-state index in [9.17, 15) is 8.42 Å². The Hall–Kier alpha value is -1.99. The van der Waals surface area contributed by atoms with E-state index >= 15 is 0 Å². The van der Waals surface area contributed by atoms with Crippen molar-refractivity contribution in [2.45, 2.75) is 18.7 Å². The highest BCUT2D eigenvalue weighted by molar-refractivity contribution is 7.89. The van der Waals surface area contributed by atoms with Crippen molar-refractivity contribution in [3.05, 3.63) is 47.7 Å². The molecule has 23 heavy (non-hydrogen) atoms. The normalized spacial score (nSPS) is 16.5. The molecule has 0 radical (unpaired) electrons. The molecule has 1 aromatic heterocycles. The van der Waals surface area contributed by atoms with Crippen molar-refractivity contribution in [1.29, 1.82) is 0 Å². The first-order chi connectivity index (χ1) is 11.0. The van der Waals surface area contributed by atoms with E-state index in [0.29, 0.717) is 31.1 Å². The monoisotopic (exact) mass is 332 g/mol. The van der Waals surface area contributed by atoms with Gasteiger partial charge in [-0.2, -0.15) is 9.40 Å². The van der Waals surface area contributed by atoms with Gasteiger partial charge in [-0.05, 0) is 43.7 Å². The van der Waals surface area contributed by atoms with Crippen molar-refractivity contribution in [3.63, 3.8) is 0 Å². The molecule has 6 nitrogen and oxygen atoms in total. The number of aryl methyl sites for hydroxylation is 2. The van der Waals surface area contributed by atoms with Gasteiger partial charge in [0.1, 0.15) is 0 Å². The van der Waals surface area contributed by atoms with E-state index in [-0.39, 0.29) is 0 Å². The van der Waals surface area contributed by atoms with Crippen LogP contribution >= 0.6 is 0 Å². The maximum absolute atomic E-state index is 12.7. The summed E-state index contributed by atoms with van der Waals surface area (Å²) in [6.07, 6.45) is 0. The molecule has 0 bridgehead atoms. The average molecular weight is 332 g/mol. The number of nitrogens with zero attached hydrogens (tertiary/aromatic N) is 4. The minimum absolute atomic E-state index is 0.362. The van der Waals surface area contributed by atoms with Crippen LogP contribution in [-0.4, -0.2) is 49.1 Å². The minimum Gasteiger partial charge on any atom is -0.352 e. The van der Waals surface area contributed by atoms with Crippen LogP contribution < -0.4 is 4.90 Å². The van der Waals surface area contributed by atoms with E-state index in [1.807, 2.05) is 32.0 Å². The van der Waals surface area contributed by atoms with Crippen molar-refractivity contribution in [1.82, 2.24) is 14.5 Å². The molecule has 2 heterocycles. The smallest absolute Gasteiger partial charge is 0.243 e. The molecule has 1 saturated heterocycles. The average Bonchev–Trinajstić information content (AvgIpc) is 2.56. The van der Waals surface area contributed by atoms with E-state index < -0.39 is 10.0 Å². The second kappa shape index (κ2) is 6.25. The predicted octanol–water partition coefficient (Wildman–Crippen LogP) is 1.60. The zero-order chi connectivity index (χ0) is 16.4. The van der Waals surface area contributed by atoms with Gasteiger partial charge in [-0.15, -0.1) is 5.10 Å². The molecule has 0 atom stereocenters. The molecule has 1 aromatic carbocycles. The van der Waals surface area contributed by atoms with Gasteiger partial charge in [0.2, 0.25) is 10.0 Å². The van der Waals surface area contributed by atoms with Crippen LogP contribution in [0.1, 0.15) is 11.3 Å². The van der Waals surface area contributed by atoms with E-state index in [2.05, 4.69) is 15.1 Å². The second-order valence-electron chi connectivity index (χ2n) is 5.74. The minimum atomic E-state index is -3.43. The van der Waals surface area contributed by atoms with Crippen LogP contribution in [0.4, 0.5) is 5.82 Å². The van der Waals surface area contributed by atoms with Crippen molar-refractivity contribution >= 4 is 15.8 Å². The number of benzene rings is 1. The second-order valence-corrected chi connectivity index (χ2v) is 7.68. The Balaban J connectivity index is 1.72. The summed E-state index contributed by atoms with van der Waals surface area (Å²) in [7, 11) is -3.43. The lowest BCUT2D eigenvalue weighted by Gasteiger charge is -2.34. The summed E-state index contributed by atoms with van der Waals surface area (Å²) < 4.78 is 27.0. The molecule has 1 aliphatic rings. The standard InChI is InChI=1S/C16H20N4O2S/c1-13-4-3-5-15(12-13)23(21,22)20-10-8-19(9-11-20)16-7-6-14(2)17-18-16/h3-7,12H,8-11H2,1-2H3. The third kappa shape index (κ3) is 3.35. The van der Waals surface area contributed by atoms with Crippen LogP contribution in [0.2, 0.25) is 0 Å². The number of sulfonamides is 1. The van der Waals surface area contributed by atoms with Gasteiger partial charge < -0.3 is 4.90 Å². The van der Waals surface area contributed by atoms with Gasteiger partial charge in [0.15, 0.2) is 5.82 Å². The van der Waals surface area contributed by atoms with Crippen LogP contribution in [-0.2, 0) is 10.0 Å². The third-order valence-electron chi connectivity index (χ3n) is 3.97. The lowest BCUT2D eigenvalue weighted by atomic mass is 10.2. The van der Waals surface area contributed by atoms with Crippen molar-refractivity contribution in [2.75, 3.05) is 31.1 Å². The third-order valence-corrected chi connectivity index (χ3v) is 5.87. The summed E-state index contributed by atoms with van der Waals surface area (Å²) in [6.45, 7) is 5.92. The molecular formula is C16H20N4O2S. The molecule has 0 unspecified atom stereocenters. The maximum Gasteiger partial charge on any atom is 0.243 e. The van der Waals surface area contributed by atoms with Crippen LogP contribution in [0.25, 0.3) is 0 Å². The molecule has 0 saturated carbocycles. The van der Waals surface area contributed by atoms with Crippen LogP contribution in [0.5, 0.6) is 0 Å². The quantitative estimate of drug-likeness (QED) is 0.854. The lowest BCUT2D eigenvalue weighted by Crippen LogP contribution is -2.49. The highest BCUT2D eigenvalue weighted by Gasteiger charge is 2.28.